The lowest BCUT2D eigenvalue weighted by atomic mass is 10.1. The minimum atomic E-state index is -3.70. The van der Waals surface area contributed by atoms with E-state index in [1.54, 1.807) is 16.6 Å². The number of sulfonamides is 1. The van der Waals surface area contributed by atoms with Crippen molar-refractivity contribution < 1.29 is 13.2 Å². The molecule has 0 aliphatic rings. The van der Waals surface area contributed by atoms with Gasteiger partial charge in [-0.25, -0.2) is 13.1 Å². The summed E-state index contributed by atoms with van der Waals surface area (Å²) in [5.41, 5.74) is 2.01. The van der Waals surface area contributed by atoms with E-state index < -0.39 is 10.0 Å². The Kier molecular flexibility index (Phi) is 5.81. The van der Waals surface area contributed by atoms with Crippen molar-refractivity contribution in [2.75, 3.05) is 14.2 Å². The number of fused-ring (bicyclic) bond motifs is 3. The van der Waals surface area contributed by atoms with Gasteiger partial charge in [-0.05, 0) is 32.2 Å². The third kappa shape index (κ3) is 3.54. The molecule has 8 nitrogen and oxygen atoms in total. The summed E-state index contributed by atoms with van der Waals surface area (Å²) in [7, 11) is -0.928. The molecule has 0 spiro atoms. The van der Waals surface area contributed by atoms with Crippen LogP contribution in [0.25, 0.3) is 27.8 Å². The van der Waals surface area contributed by atoms with E-state index in [1.807, 2.05) is 45.0 Å². The molecule has 0 fully saturated rings. The fourth-order valence-corrected chi connectivity index (χ4v) is 3.97. The highest BCUT2D eigenvalue weighted by atomic mass is 32.2. The monoisotopic (exact) mass is 413 g/mol. The Hall–Kier alpha value is -3.04. The molecular formula is C20H23N5O3S. The van der Waals surface area contributed by atoms with Gasteiger partial charge in [-0.15, -0.1) is 10.2 Å². The Morgan fingerprint density at radius 2 is 1.72 bits per heavy atom. The number of hydrogen-bond donors (Lipinski definition) is 1. The van der Waals surface area contributed by atoms with Gasteiger partial charge in [0, 0.05) is 16.3 Å². The molecule has 1 N–H and O–H groups in total. The maximum absolute atomic E-state index is 12.3. The first-order valence-electron chi connectivity index (χ1n) is 9.19. The predicted octanol–water partition coefficient (Wildman–Crippen LogP) is 3.20. The lowest BCUT2D eigenvalue weighted by Gasteiger charge is -2.10. The van der Waals surface area contributed by atoms with Crippen molar-refractivity contribution in [2.45, 2.75) is 25.7 Å². The Balaban J connectivity index is 0.00000117. The molecule has 29 heavy (non-hydrogen) atoms. The largest absolute Gasteiger partial charge is 0.495 e. The van der Waals surface area contributed by atoms with Gasteiger partial charge in [-0.1, -0.05) is 38.1 Å². The van der Waals surface area contributed by atoms with Gasteiger partial charge in [0.2, 0.25) is 10.0 Å². The second-order valence-electron chi connectivity index (χ2n) is 5.96. The molecule has 0 radical (unpaired) electrons. The number of nitrogens with zero attached hydrogens (tertiary/aromatic N) is 4. The smallest absolute Gasteiger partial charge is 0.244 e. The highest BCUT2D eigenvalue weighted by Crippen LogP contribution is 2.30. The zero-order valence-corrected chi connectivity index (χ0v) is 17.8. The van der Waals surface area contributed by atoms with Gasteiger partial charge < -0.3 is 4.74 Å². The standard InChI is InChI=1S/C18H17N5O3S.C2H6/c1-11-13-6-4-5-7-14(13)18-21-20-17(23(18)22-11)12-8-9-15(26-3)16(10-12)27(24,25)19-2;1-2/h4-10,19H,1-3H3;1-2H3. The van der Waals surface area contributed by atoms with E-state index in [1.165, 1.54) is 20.2 Å². The van der Waals surface area contributed by atoms with Gasteiger partial charge in [0.15, 0.2) is 11.5 Å². The predicted molar refractivity (Wildman–Crippen MR) is 113 cm³/mol. The van der Waals surface area contributed by atoms with E-state index in [-0.39, 0.29) is 10.6 Å². The molecular weight excluding hydrogens is 390 g/mol. The van der Waals surface area contributed by atoms with Crippen molar-refractivity contribution in [3.8, 4) is 17.1 Å². The van der Waals surface area contributed by atoms with E-state index in [0.717, 1.165) is 16.5 Å². The highest BCUT2D eigenvalue weighted by Gasteiger charge is 2.21. The minimum absolute atomic E-state index is 0.0271. The lowest BCUT2D eigenvalue weighted by molar-refractivity contribution is 0.402. The van der Waals surface area contributed by atoms with Crippen molar-refractivity contribution in [2.24, 2.45) is 0 Å². The lowest BCUT2D eigenvalue weighted by Crippen LogP contribution is -2.19. The summed E-state index contributed by atoms with van der Waals surface area (Å²) in [6.07, 6.45) is 0. The molecule has 4 aromatic rings. The zero-order valence-electron chi connectivity index (χ0n) is 17.0. The van der Waals surface area contributed by atoms with Crippen LogP contribution in [0.2, 0.25) is 0 Å². The topological polar surface area (TPSA) is 98.5 Å². The van der Waals surface area contributed by atoms with Gasteiger partial charge in [0.05, 0.1) is 12.8 Å². The van der Waals surface area contributed by atoms with Crippen molar-refractivity contribution >= 4 is 26.4 Å². The highest BCUT2D eigenvalue weighted by molar-refractivity contribution is 7.89. The summed E-state index contributed by atoms with van der Waals surface area (Å²) in [6, 6.07) is 12.7. The molecule has 0 aliphatic heterocycles. The van der Waals surface area contributed by atoms with E-state index >= 15 is 0 Å². The van der Waals surface area contributed by atoms with Gasteiger partial charge >= 0.3 is 0 Å². The molecule has 152 valence electrons. The summed E-state index contributed by atoms with van der Waals surface area (Å²) in [4.78, 5) is 0.0271. The summed E-state index contributed by atoms with van der Waals surface area (Å²) in [5, 5.41) is 15.0. The Labute approximate surface area is 169 Å². The van der Waals surface area contributed by atoms with Crippen molar-refractivity contribution in [1.29, 1.82) is 0 Å². The average molecular weight is 414 g/mol. The maximum atomic E-state index is 12.3. The third-order valence-corrected chi connectivity index (χ3v) is 5.86. The van der Waals surface area contributed by atoms with E-state index in [0.29, 0.717) is 17.0 Å². The van der Waals surface area contributed by atoms with Gasteiger partial charge in [-0.2, -0.15) is 9.61 Å². The van der Waals surface area contributed by atoms with Crippen LogP contribution in [0.15, 0.2) is 47.4 Å². The van der Waals surface area contributed by atoms with Gasteiger partial charge in [0.25, 0.3) is 0 Å². The van der Waals surface area contributed by atoms with Crippen LogP contribution in [-0.2, 0) is 10.0 Å². The molecule has 2 aromatic carbocycles. The van der Waals surface area contributed by atoms with Crippen LogP contribution in [0.1, 0.15) is 19.5 Å². The van der Waals surface area contributed by atoms with Crippen LogP contribution in [0, 0.1) is 6.92 Å². The number of benzene rings is 2. The van der Waals surface area contributed by atoms with Crippen LogP contribution in [0.4, 0.5) is 0 Å². The Morgan fingerprint density at radius 1 is 1.03 bits per heavy atom. The molecule has 0 bridgehead atoms. The summed E-state index contributed by atoms with van der Waals surface area (Å²) >= 11 is 0. The normalized spacial score (nSPS) is 11.3. The molecule has 0 saturated carbocycles. The number of nitrogens with one attached hydrogen (secondary N) is 1. The number of hydrogen-bond acceptors (Lipinski definition) is 6. The fourth-order valence-electron chi connectivity index (χ4n) is 3.06. The quantitative estimate of drug-likeness (QED) is 0.552. The molecule has 2 heterocycles. The number of rotatable bonds is 4. The molecule has 2 aromatic heterocycles. The first kappa shape index (κ1) is 20.7. The summed E-state index contributed by atoms with van der Waals surface area (Å²) in [6.45, 7) is 5.91. The first-order valence-corrected chi connectivity index (χ1v) is 10.7. The van der Waals surface area contributed by atoms with Crippen LogP contribution in [-0.4, -0.2) is 42.4 Å². The van der Waals surface area contributed by atoms with E-state index in [2.05, 4.69) is 20.0 Å². The van der Waals surface area contributed by atoms with Crippen LogP contribution < -0.4 is 9.46 Å². The molecule has 0 amide bonds. The third-order valence-electron chi connectivity index (χ3n) is 4.43. The summed E-state index contributed by atoms with van der Waals surface area (Å²) < 4.78 is 33.8. The average Bonchev–Trinajstić information content (AvgIpc) is 3.19. The van der Waals surface area contributed by atoms with Crippen LogP contribution in [0.3, 0.4) is 0 Å². The van der Waals surface area contributed by atoms with E-state index in [9.17, 15) is 8.42 Å². The minimum Gasteiger partial charge on any atom is -0.495 e. The first-order chi connectivity index (χ1) is 14.0. The van der Waals surface area contributed by atoms with Gasteiger partial charge in [0.1, 0.15) is 10.6 Å². The molecule has 9 heteroatoms. The summed E-state index contributed by atoms with van der Waals surface area (Å²) in [5.74, 6) is 0.700. The molecule has 0 atom stereocenters. The Bertz CT molecular complexity index is 1280. The van der Waals surface area contributed by atoms with Crippen LogP contribution in [0.5, 0.6) is 5.75 Å². The van der Waals surface area contributed by atoms with Crippen LogP contribution >= 0.6 is 0 Å². The molecule has 0 saturated heterocycles. The fraction of sp³-hybridized carbons (Fsp3) is 0.250. The number of aromatic nitrogens is 4. The van der Waals surface area contributed by atoms with Gasteiger partial charge in [-0.3, -0.25) is 0 Å². The molecule has 4 rings (SSSR count). The number of aryl methyl sites for hydroxylation is 1. The molecule has 0 aliphatic carbocycles. The number of ether oxygens (including phenoxy) is 1. The van der Waals surface area contributed by atoms with Crippen molar-refractivity contribution in [3.05, 3.63) is 48.2 Å². The number of methoxy groups -OCH3 is 1. The maximum Gasteiger partial charge on any atom is 0.244 e. The SMILES string of the molecule is CC.CNS(=O)(=O)c1cc(-c2nnc3c4ccccc4c(C)nn23)ccc1OC. The van der Waals surface area contributed by atoms with Crippen molar-refractivity contribution in [1.82, 2.24) is 24.5 Å². The second kappa shape index (κ2) is 8.14. The van der Waals surface area contributed by atoms with E-state index in [4.69, 9.17) is 4.74 Å². The Morgan fingerprint density at radius 3 is 2.38 bits per heavy atom. The zero-order chi connectivity index (χ0) is 21.2. The molecule has 0 unspecified atom stereocenters. The second-order valence-corrected chi connectivity index (χ2v) is 7.82. The van der Waals surface area contributed by atoms with Crippen molar-refractivity contribution in [3.63, 3.8) is 0 Å².